The number of nitrogens with zero attached hydrogens (tertiary/aromatic N) is 2. The lowest BCUT2D eigenvalue weighted by atomic mass is 10.1. The molecule has 2 aromatic rings. The van der Waals surface area contributed by atoms with Crippen LogP contribution in [-0.4, -0.2) is 48.0 Å². The van der Waals surface area contributed by atoms with Crippen LogP contribution < -0.4 is 5.32 Å². The highest BCUT2D eigenvalue weighted by molar-refractivity contribution is 6.04. The van der Waals surface area contributed by atoms with Crippen molar-refractivity contribution in [2.75, 3.05) is 27.2 Å². The Kier molecular flexibility index (Phi) is 3.62. The van der Waals surface area contributed by atoms with E-state index in [0.717, 1.165) is 23.4 Å². The van der Waals surface area contributed by atoms with Gasteiger partial charge in [-0.25, -0.2) is 4.98 Å². The number of fused-ring (bicyclic) bond motifs is 1. The number of aromatic amines is 1. The van der Waals surface area contributed by atoms with Gasteiger partial charge < -0.3 is 15.2 Å². The van der Waals surface area contributed by atoms with Gasteiger partial charge >= 0.3 is 0 Å². The van der Waals surface area contributed by atoms with Crippen LogP contribution in [0.3, 0.4) is 0 Å². The van der Waals surface area contributed by atoms with Gasteiger partial charge in [0.15, 0.2) is 0 Å². The summed E-state index contributed by atoms with van der Waals surface area (Å²) in [6, 6.07) is 5.58. The normalized spacial score (nSPS) is 11.1. The van der Waals surface area contributed by atoms with Crippen LogP contribution in [0.15, 0.2) is 18.2 Å². The van der Waals surface area contributed by atoms with E-state index in [4.69, 9.17) is 0 Å². The molecule has 18 heavy (non-hydrogen) atoms. The number of aryl methyl sites for hydroxylation is 1. The average molecular weight is 246 g/mol. The summed E-state index contributed by atoms with van der Waals surface area (Å²) in [4.78, 5) is 21.6. The lowest BCUT2D eigenvalue weighted by molar-refractivity contribution is 0.0952. The first-order valence-corrected chi connectivity index (χ1v) is 5.96. The van der Waals surface area contributed by atoms with Gasteiger partial charge in [-0.1, -0.05) is 6.07 Å². The topological polar surface area (TPSA) is 61.0 Å². The Morgan fingerprint density at radius 3 is 2.94 bits per heavy atom. The number of amides is 1. The molecule has 1 heterocycles. The molecule has 1 amide bonds. The molecule has 0 aliphatic heterocycles. The second-order valence-electron chi connectivity index (χ2n) is 4.58. The van der Waals surface area contributed by atoms with Crippen molar-refractivity contribution in [1.29, 1.82) is 0 Å². The molecule has 1 aromatic carbocycles. The number of nitrogens with one attached hydrogen (secondary N) is 2. The maximum absolute atomic E-state index is 12.1. The second kappa shape index (κ2) is 5.18. The zero-order chi connectivity index (χ0) is 13.1. The van der Waals surface area contributed by atoms with Gasteiger partial charge in [0.05, 0.1) is 11.1 Å². The number of carbonyl (C=O) groups is 1. The molecular weight excluding hydrogens is 228 g/mol. The van der Waals surface area contributed by atoms with E-state index in [2.05, 4.69) is 15.3 Å². The molecule has 0 unspecified atom stereocenters. The first-order chi connectivity index (χ1) is 8.58. The van der Waals surface area contributed by atoms with Gasteiger partial charge in [-0.3, -0.25) is 4.79 Å². The lowest BCUT2D eigenvalue weighted by Gasteiger charge is -2.10. The molecule has 0 atom stereocenters. The monoisotopic (exact) mass is 246 g/mol. The molecule has 2 N–H and O–H groups in total. The largest absolute Gasteiger partial charge is 0.351 e. The van der Waals surface area contributed by atoms with E-state index in [-0.39, 0.29) is 5.91 Å². The third-order valence-corrected chi connectivity index (χ3v) is 2.72. The maximum Gasteiger partial charge on any atom is 0.253 e. The predicted octanol–water partition coefficient (Wildman–Crippen LogP) is 1.16. The fourth-order valence-corrected chi connectivity index (χ4v) is 1.83. The van der Waals surface area contributed by atoms with Crippen LogP contribution in [0.25, 0.3) is 11.0 Å². The SMILES string of the molecule is Cc1nc2c(C(=O)NCCN(C)C)cccc2[nH]1. The zero-order valence-corrected chi connectivity index (χ0v) is 10.9. The van der Waals surface area contributed by atoms with Crippen LogP contribution in [0.4, 0.5) is 0 Å². The quantitative estimate of drug-likeness (QED) is 0.851. The third kappa shape index (κ3) is 2.68. The van der Waals surface area contributed by atoms with Crippen LogP contribution in [0, 0.1) is 6.92 Å². The summed E-state index contributed by atoms with van der Waals surface area (Å²) in [6.45, 7) is 3.33. The first kappa shape index (κ1) is 12.6. The van der Waals surface area contributed by atoms with Crippen molar-refractivity contribution >= 4 is 16.9 Å². The minimum absolute atomic E-state index is 0.0750. The van der Waals surface area contributed by atoms with Crippen LogP contribution >= 0.6 is 0 Å². The van der Waals surface area contributed by atoms with Crippen LogP contribution in [-0.2, 0) is 0 Å². The van der Waals surface area contributed by atoms with Crippen molar-refractivity contribution in [3.8, 4) is 0 Å². The highest BCUT2D eigenvalue weighted by Gasteiger charge is 2.12. The summed E-state index contributed by atoms with van der Waals surface area (Å²) >= 11 is 0. The molecular formula is C13H18N4O. The second-order valence-corrected chi connectivity index (χ2v) is 4.58. The first-order valence-electron chi connectivity index (χ1n) is 5.96. The number of H-pyrrole nitrogens is 1. The van der Waals surface area contributed by atoms with Gasteiger partial charge in [0.2, 0.25) is 0 Å². The average Bonchev–Trinajstić information content (AvgIpc) is 2.67. The van der Waals surface area contributed by atoms with E-state index in [9.17, 15) is 4.79 Å². The smallest absolute Gasteiger partial charge is 0.253 e. The highest BCUT2D eigenvalue weighted by atomic mass is 16.1. The Morgan fingerprint density at radius 1 is 1.44 bits per heavy atom. The predicted molar refractivity (Wildman–Crippen MR) is 71.7 cm³/mol. The van der Waals surface area contributed by atoms with E-state index in [1.165, 1.54) is 0 Å². The van der Waals surface area contributed by atoms with Crippen LogP contribution in [0.2, 0.25) is 0 Å². The summed E-state index contributed by atoms with van der Waals surface area (Å²) in [5, 5.41) is 2.90. The van der Waals surface area contributed by atoms with Gasteiger partial charge in [-0.2, -0.15) is 0 Å². The number of carbonyl (C=O) groups excluding carboxylic acids is 1. The summed E-state index contributed by atoms with van der Waals surface area (Å²) in [5.74, 6) is 0.743. The molecule has 0 aliphatic carbocycles. The molecule has 96 valence electrons. The summed E-state index contributed by atoms with van der Waals surface area (Å²) in [5.41, 5.74) is 2.25. The van der Waals surface area contributed by atoms with Gasteiger partial charge in [0.25, 0.3) is 5.91 Å². The van der Waals surface area contributed by atoms with Crippen molar-refractivity contribution in [3.63, 3.8) is 0 Å². The molecule has 0 saturated carbocycles. The van der Waals surface area contributed by atoms with E-state index in [1.54, 1.807) is 6.07 Å². The number of para-hydroxylation sites is 1. The fourth-order valence-electron chi connectivity index (χ4n) is 1.83. The zero-order valence-electron chi connectivity index (χ0n) is 10.9. The molecule has 0 bridgehead atoms. The Morgan fingerprint density at radius 2 is 2.22 bits per heavy atom. The van der Waals surface area contributed by atoms with Crippen molar-refractivity contribution in [1.82, 2.24) is 20.2 Å². The van der Waals surface area contributed by atoms with E-state index in [1.807, 2.05) is 38.1 Å². The third-order valence-electron chi connectivity index (χ3n) is 2.72. The number of aromatic nitrogens is 2. The van der Waals surface area contributed by atoms with E-state index in [0.29, 0.717) is 12.1 Å². The Balaban J connectivity index is 2.17. The molecule has 2 rings (SSSR count). The number of likely N-dealkylation sites (N-methyl/N-ethyl adjacent to an activating group) is 1. The van der Waals surface area contributed by atoms with Crippen molar-refractivity contribution < 1.29 is 4.79 Å². The van der Waals surface area contributed by atoms with Crippen LogP contribution in [0.1, 0.15) is 16.2 Å². The summed E-state index contributed by atoms with van der Waals surface area (Å²) < 4.78 is 0. The number of benzene rings is 1. The van der Waals surface area contributed by atoms with E-state index < -0.39 is 0 Å². The Labute approximate surface area is 106 Å². The molecule has 0 aliphatic rings. The molecule has 5 heteroatoms. The molecule has 0 radical (unpaired) electrons. The number of hydrogen-bond acceptors (Lipinski definition) is 3. The maximum atomic E-state index is 12.1. The molecule has 0 saturated heterocycles. The van der Waals surface area contributed by atoms with Gasteiger partial charge in [0, 0.05) is 13.1 Å². The summed E-state index contributed by atoms with van der Waals surface area (Å²) in [6.07, 6.45) is 0. The van der Waals surface area contributed by atoms with Crippen molar-refractivity contribution in [2.24, 2.45) is 0 Å². The molecule has 1 aromatic heterocycles. The van der Waals surface area contributed by atoms with Gasteiger partial charge in [-0.15, -0.1) is 0 Å². The minimum atomic E-state index is -0.0750. The highest BCUT2D eigenvalue weighted by Crippen LogP contribution is 2.15. The standard InChI is InChI=1S/C13H18N4O/c1-9-15-11-6-4-5-10(12(11)16-9)13(18)14-7-8-17(2)3/h4-6H,7-8H2,1-3H3,(H,14,18)(H,15,16). The van der Waals surface area contributed by atoms with Crippen LogP contribution in [0.5, 0.6) is 0 Å². The minimum Gasteiger partial charge on any atom is -0.351 e. The number of hydrogen-bond donors (Lipinski definition) is 2. The Bertz CT molecular complexity index is 559. The number of rotatable bonds is 4. The lowest BCUT2D eigenvalue weighted by Crippen LogP contribution is -2.31. The van der Waals surface area contributed by atoms with Gasteiger partial charge in [-0.05, 0) is 33.2 Å². The van der Waals surface area contributed by atoms with E-state index >= 15 is 0 Å². The number of imidazole rings is 1. The molecule has 0 spiro atoms. The van der Waals surface area contributed by atoms with Crippen molar-refractivity contribution in [3.05, 3.63) is 29.6 Å². The molecule has 0 fully saturated rings. The Hall–Kier alpha value is -1.88. The van der Waals surface area contributed by atoms with Crippen molar-refractivity contribution in [2.45, 2.75) is 6.92 Å². The molecule has 5 nitrogen and oxygen atoms in total. The van der Waals surface area contributed by atoms with Gasteiger partial charge in [0.1, 0.15) is 11.3 Å². The summed E-state index contributed by atoms with van der Waals surface area (Å²) in [7, 11) is 3.95. The fraction of sp³-hybridized carbons (Fsp3) is 0.385.